The van der Waals surface area contributed by atoms with Gasteiger partial charge in [0.25, 0.3) is 0 Å². The Morgan fingerprint density at radius 1 is 0.565 bits per heavy atom. The zero-order valence-electron chi connectivity index (χ0n) is 13.4. The molecule has 128 valence electrons. The van der Waals surface area contributed by atoms with Crippen molar-refractivity contribution in [2.45, 2.75) is 62.9 Å². The number of hydrogen-bond donors (Lipinski definition) is 0. The second-order valence-electron chi connectivity index (χ2n) is 7.55. The minimum atomic E-state index is -0.578. The van der Waals surface area contributed by atoms with Gasteiger partial charge in [-0.2, -0.15) is 0 Å². The van der Waals surface area contributed by atoms with E-state index >= 15 is 0 Å². The van der Waals surface area contributed by atoms with Gasteiger partial charge in [0.2, 0.25) is 0 Å². The minimum Gasteiger partial charge on any atom is -0.349 e. The lowest BCUT2D eigenvalue weighted by Crippen LogP contribution is -2.60. The predicted molar refractivity (Wildman–Crippen MR) is 78.7 cm³/mol. The molecule has 2 saturated heterocycles. The lowest BCUT2D eigenvalue weighted by atomic mass is 9.85. The second-order valence-corrected chi connectivity index (χ2v) is 7.55. The molecule has 0 aromatic heterocycles. The van der Waals surface area contributed by atoms with Crippen LogP contribution in [0.2, 0.25) is 0 Å². The average Bonchev–Trinajstić information content (AvgIpc) is 2.59. The van der Waals surface area contributed by atoms with Crippen molar-refractivity contribution in [1.82, 2.24) is 0 Å². The van der Waals surface area contributed by atoms with E-state index in [1.54, 1.807) is 0 Å². The van der Waals surface area contributed by atoms with Gasteiger partial charge in [-0.05, 0) is 0 Å². The third kappa shape index (κ3) is 2.97. The van der Waals surface area contributed by atoms with Crippen LogP contribution in [0.1, 0.15) is 51.4 Å². The van der Waals surface area contributed by atoms with Crippen molar-refractivity contribution in [3.8, 4) is 0 Å². The van der Waals surface area contributed by atoms with Gasteiger partial charge in [0.15, 0.2) is 11.6 Å². The third-order valence-electron chi connectivity index (χ3n) is 5.70. The van der Waals surface area contributed by atoms with E-state index in [2.05, 4.69) is 0 Å². The molecule has 0 unspecified atom stereocenters. The Balaban J connectivity index is 1.34. The standard InChI is InChI=1S/C17H24O6/c18-13-1-5-16(6-2-13)20-9-15(10-21-16)11-22-17(23-12-15)7-3-14(19)4-8-17/h1-12H2. The van der Waals surface area contributed by atoms with Crippen LogP contribution in [-0.2, 0) is 28.5 Å². The van der Waals surface area contributed by atoms with Crippen LogP contribution in [0, 0.1) is 5.41 Å². The van der Waals surface area contributed by atoms with Crippen LogP contribution in [0.15, 0.2) is 0 Å². The van der Waals surface area contributed by atoms with E-state index in [0.29, 0.717) is 89.4 Å². The molecule has 3 spiro atoms. The Morgan fingerprint density at radius 3 is 1.17 bits per heavy atom. The fourth-order valence-electron chi connectivity index (χ4n) is 3.87. The molecular weight excluding hydrogens is 300 g/mol. The molecule has 23 heavy (non-hydrogen) atoms. The molecule has 6 nitrogen and oxygen atoms in total. The third-order valence-corrected chi connectivity index (χ3v) is 5.70. The molecule has 2 heterocycles. The highest BCUT2D eigenvalue weighted by molar-refractivity contribution is 5.79. The molecule has 4 fully saturated rings. The highest BCUT2D eigenvalue weighted by atomic mass is 16.7. The van der Waals surface area contributed by atoms with Crippen LogP contribution >= 0.6 is 0 Å². The van der Waals surface area contributed by atoms with E-state index in [4.69, 9.17) is 18.9 Å². The fourth-order valence-corrected chi connectivity index (χ4v) is 3.87. The number of hydrogen-bond acceptors (Lipinski definition) is 6. The largest absolute Gasteiger partial charge is 0.349 e. The lowest BCUT2D eigenvalue weighted by Gasteiger charge is -2.52. The quantitative estimate of drug-likeness (QED) is 0.676. The Kier molecular flexibility index (Phi) is 3.83. The van der Waals surface area contributed by atoms with Crippen LogP contribution in [0.4, 0.5) is 0 Å². The van der Waals surface area contributed by atoms with E-state index < -0.39 is 11.6 Å². The molecular formula is C17H24O6. The number of rotatable bonds is 0. The number of ether oxygens (including phenoxy) is 4. The molecule has 2 saturated carbocycles. The van der Waals surface area contributed by atoms with E-state index in [-0.39, 0.29) is 5.41 Å². The van der Waals surface area contributed by atoms with Crippen molar-refractivity contribution in [1.29, 1.82) is 0 Å². The SMILES string of the molecule is O=C1CCC2(CC1)OCC1(CO2)COC2(CCC(=O)CC2)OC1. The smallest absolute Gasteiger partial charge is 0.169 e. The Bertz CT molecular complexity index is 424. The Labute approximate surface area is 135 Å². The highest BCUT2D eigenvalue weighted by Gasteiger charge is 2.52. The first kappa shape index (κ1) is 15.7. The van der Waals surface area contributed by atoms with Crippen LogP contribution in [0.25, 0.3) is 0 Å². The van der Waals surface area contributed by atoms with Gasteiger partial charge in [0.05, 0.1) is 31.8 Å². The molecule has 0 N–H and O–H groups in total. The summed E-state index contributed by atoms with van der Waals surface area (Å²) < 4.78 is 24.2. The van der Waals surface area contributed by atoms with Crippen molar-refractivity contribution in [3.05, 3.63) is 0 Å². The number of carbonyl (C=O) groups is 2. The summed E-state index contributed by atoms with van der Waals surface area (Å²) in [7, 11) is 0. The van der Waals surface area contributed by atoms with Gasteiger partial charge in [-0.25, -0.2) is 0 Å². The molecule has 4 rings (SSSR count). The maximum atomic E-state index is 11.4. The topological polar surface area (TPSA) is 71.1 Å². The van der Waals surface area contributed by atoms with Crippen LogP contribution in [-0.4, -0.2) is 49.6 Å². The molecule has 2 aliphatic heterocycles. The summed E-state index contributed by atoms with van der Waals surface area (Å²) in [4.78, 5) is 22.8. The molecule has 0 bridgehead atoms. The van der Waals surface area contributed by atoms with Crippen molar-refractivity contribution >= 4 is 11.6 Å². The molecule has 6 heteroatoms. The number of Topliss-reactive ketones (excluding diaryl/α,β-unsaturated/α-hetero) is 2. The number of carbonyl (C=O) groups excluding carboxylic acids is 2. The van der Waals surface area contributed by atoms with Crippen LogP contribution < -0.4 is 0 Å². The molecule has 2 aliphatic carbocycles. The first-order chi connectivity index (χ1) is 11.0. The van der Waals surface area contributed by atoms with Gasteiger partial charge in [-0.3, -0.25) is 9.59 Å². The van der Waals surface area contributed by atoms with Gasteiger partial charge in [0, 0.05) is 51.4 Å². The van der Waals surface area contributed by atoms with Crippen molar-refractivity contribution < 1.29 is 28.5 Å². The molecule has 4 aliphatic rings. The fraction of sp³-hybridized carbons (Fsp3) is 0.882. The summed E-state index contributed by atoms with van der Waals surface area (Å²) >= 11 is 0. The van der Waals surface area contributed by atoms with E-state index in [1.807, 2.05) is 0 Å². The minimum absolute atomic E-state index is 0.264. The molecule has 0 aromatic rings. The summed E-state index contributed by atoms with van der Waals surface area (Å²) in [5.41, 5.74) is -0.264. The maximum Gasteiger partial charge on any atom is 0.169 e. The molecule has 0 radical (unpaired) electrons. The first-order valence-electron chi connectivity index (χ1n) is 8.62. The summed E-state index contributed by atoms with van der Waals surface area (Å²) in [5, 5.41) is 0. The normalized spacial score (nSPS) is 32.5. The van der Waals surface area contributed by atoms with Gasteiger partial charge in [0.1, 0.15) is 11.6 Å². The predicted octanol–water partition coefficient (Wildman–Crippen LogP) is 1.75. The summed E-state index contributed by atoms with van der Waals surface area (Å²) in [6.07, 6.45) is 4.75. The van der Waals surface area contributed by atoms with E-state index in [0.717, 1.165) is 0 Å². The van der Waals surface area contributed by atoms with Crippen LogP contribution in [0.3, 0.4) is 0 Å². The molecule has 0 atom stereocenters. The van der Waals surface area contributed by atoms with Crippen molar-refractivity contribution in [2.24, 2.45) is 5.41 Å². The van der Waals surface area contributed by atoms with Gasteiger partial charge in [-0.1, -0.05) is 0 Å². The molecule has 0 aromatic carbocycles. The van der Waals surface area contributed by atoms with E-state index in [9.17, 15) is 9.59 Å². The van der Waals surface area contributed by atoms with Crippen LogP contribution in [0.5, 0.6) is 0 Å². The summed E-state index contributed by atoms with van der Waals surface area (Å²) in [6.45, 7) is 2.15. The highest BCUT2D eigenvalue weighted by Crippen LogP contribution is 2.44. The van der Waals surface area contributed by atoms with Crippen molar-refractivity contribution in [2.75, 3.05) is 26.4 Å². The van der Waals surface area contributed by atoms with Gasteiger partial charge in [-0.15, -0.1) is 0 Å². The maximum absolute atomic E-state index is 11.4. The van der Waals surface area contributed by atoms with Gasteiger partial charge >= 0.3 is 0 Å². The summed E-state index contributed by atoms with van der Waals surface area (Å²) in [6, 6.07) is 0. The second kappa shape index (κ2) is 5.62. The monoisotopic (exact) mass is 324 g/mol. The average molecular weight is 324 g/mol. The van der Waals surface area contributed by atoms with E-state index in [1.165, 1.54) is 0 Å². The zero-order chi connectivity index (χ0) is 16.0. The summed E-state index contributed by atoms with van der Waals surface area (Å²) in [5.74, 6) is -0.570. The van der Waals surface area contributed by atoms with Crippen molar-refractivity contribution in [3.63, 3.8) is 0 Å². The zero-order valence-corrected chi connectivity index (χ0v) is 13.4. The Morgan fingerprint density at radius 2 is 0.870 bits per heavy atom. The number of ketones is 2. The first-order valence-corrected chi connectivity index (χ1v) is 8.62. The van der Waals surface area contributed by atoms with Gasteiger partial charge < -0.3 is 18.9 Å². The lowest BCUT2D eigenvalue weighted by molar-refractivity contribution is -0.373. The molecule has 0 amide bonds. The Hall–Kier alpha value is -0.820.